The number of hydrogen-bond acceptors (Lipinski definition) is 6. The van der Waals surface area contributed by atoms with Gasteiger partial charge in [0.1, 0.15) is 17.1 Å². The first-order chi connectivity index (χ1) is 18.3. The van der Waals surface area contributed by atoms with Crippen LogP contribution in [0.15, 0.2) is 54.6 Å². The van der Waals surface area contributed by atoms with Crippen LogP contribution in [0.2, 0.25) is 0 Å². The van der Waals surface area contributed by atoms with E-state index in [0.29, 0.717) is 36.7 Å². The zero-order valence-electron chi connectivity index (χ0n) is 22.2. The highest BCUT2D eigenvalue weighted by Gasteiger charge is 2.34. The molecule has 3 aromatic rings. The zero-order chi connectivity index (χ0) is 27.2. The van der Waals surface area contributed by atoms with Gasteiger partial charge in [-0.25, -0.2) is 19.6 Å². The molecule has 9 nitrogen and oxygen atoms in total. The Morgan fingerprint density at radius 3 is 2.34 bits per heavy atom. The van der Waals surface area contributed by atoms with Gasteiger partial charge in [-0.1, -0.05) is 49.4 Å². The third-order valence-corrected chi connectivity index (χ3v) is 6.54. The van der Waals surface area contributed by atoms with Crippen LogP contribution in [-0.4, -0.2) is 70.0 Å². The average Bonchev–Trinajstić information content (AvgIpc) is 2.93. The number of nitrogens with zero attached hydrogens (tertiary/aromatic N) is 4. The van der Waals surface area contributed by atoms with Crippen molar-refractivity contribution < 1.29 is 19.1 Å². The van der Waals surface area contributed by atoms with Crippen molar-refractivity contribution in [3.05, 3.63) is 77.2 Å². The van der Waals surface area contributed by atoms with E-state index >= 15 is 0 Å². The lowest BCUT2D eigenvalue weighted by molar-refractivity contribution is 0.0505. The minimum absolute atomic E-state index is 0.0101. The molecule has 1 atom stereocenters. The fraction of sp³-hybridized carbons (Fsp3) is 0.345. The Labute approximate surface area is 222 Å². The van der Waals surface area contributed by atoms with Gasteiger partial charge in [0.2, 0.25) is 0 Å². The molecule has 1 saturated heterocycles. The maximum absolute atomic E-state index is 13.7. The Hall–Kier alpha value is -4.27. The highest BCUT2D eigenvalue weighted by molar-refractivity contribution is 6.07. The largest absolute Gasteiger partial charge is 0.462 e. The summed E-state index contributed by atoms with van der Waals surface area (Å²) in [4.78, 5) is 52.0. The van der Waals surface area contributed by atoms with Crippen molar-refractivity contribution in [3.63, 3.8) is 0 Å². The van der Waals surface area contributed by atoms with Gasteiger partial charge in [0.15, 0.2) is 0 Å². The number of anilines is 1. The van der Waals surface area contributed by atoms with Gasteiger partial charge in [0.25, 0.3) is 5.91 Å². The highest BCUT2D eigenvalue weighted by atomic mass is 16.5. The monoisotopic (exact) mass is 515 g/mol. The fourth-order valence-corrected chi connectivity index (χ4v) is 4.54. The van der Waals surface area contributed by atoms with E-state index in [1.165, 1.54) is 5.56 Å². The Balaban J connectivity index is 1.56. The number of aryl methyl sites for hydroxylation is 2. The quantitative estimate of drug-likeness (QED) is 0.482. The molecular weight excluding hydrogens is 482 g/mol. The average molecular weight is 516 g/mol. The highest BCUT2D eigenvalue weighted by Crippen LogP contribution is 2.26. The molecule has 0 aliphatic carbocycles. The predicted octanol–water partition coefficient (Wildman–Crippen LogP) is 4.57. The van der Waals surface area contributed by atoms with Gasteiger partial charge in [0.05, 0.1) is 12.3 Å². The Kier molecular flexibility index (Phi) is 8.35. The molecule has 1 aromatic heterocycles. The summed E-state index contributed by atoms with van der Waals surface area (Å²) in [6, 6.07) is 16.5. The molecule has 3 amide bonds. The van der Waals surface area contributed by atoms with E-state index in [4.69, 9.17) is 4.74 Å². The van der Waals surface area contributed by atoms with Crippen molar-refractivity contribution >= 4 is 23.6 Å². The van der Waals surface area contributed by atoms with Gasteiger partial charge < -0.3 is 19.9 Å². The minimum atomic E-state index is -0.644. The SMILES string of the molecule is CCOC(=O)c1c(C(=O)N2CCN(C(=O)Nc3ccc(CC)cc3)C(C)C2)nc(C)nc1-c1ccccc1. The Bertz CT molecular complexity index is 1310. The maximum Gasteiger partial charge on any atom is 0.342 e. The van der Waals surface area contributed by atoms with Gasteiger partial charge in [-0.3, -0.25) is 4.79 Å². The number of esters is 1. The van der Waals surface area contributed by atoms with Crippen LogP contribution in [0.1, 0.15) is 53.0 Å². The minimum Gasteiger partial charge on any atom is -0.462 e. The van der Waals surface area contributed by atoms with E-state index in [-0.39, 0.29) is 29.9 Å². The number of aromatic nitrogens is 2. The molecular formula is C29H33N5O4. The first kappa shape index (κ1) is 26.8. The van der Waals surface area contributed by atoms with Gasteiger partial charge in [-0.2, -0.15) is 0 Å². The van der Waals surface area contributed by atoms with Crippen LogP contribution in [0, 0.1) is 6.92 Å². The van der Waals surface area contributed by atoms with Crippen molar-refractivity contribution in [2.45, 2.75) is 40.2 Å². The second-order valence-corrected chi connectivity index (χ2v) is 9.20. The lowest BCUT2D eigenvalue weighted by Crippen LogP contribution is -2.56. The van der Waals surface area contributed by atoms with Crippen LogP contribution in [0.25, 0.3) is 11.3 Å². The van der Waals surface area contributed by atoms with E-state index in [1.807, 2.05) is 61.5 Å². The number of hydrogen-bond donors (Lipinski definition) is 1. The number of carbonyl (C=O) groups excluding carboxylic acids is 3. The van der Waals surface area contributed by atoms with Crippen molar-refractivity contribution in [1.82, 2.24) is 19.8 Å². The summed E-state index contributed by atoms with van der Waals surface area (Å²) in [6.45, 7) is 8.47. The second-order valence-electron chi connectivity index (χ2n) is 9.20. The van der Waals surface area contributed by atoms with Crippen LogP contribution in [0.3, 0.4) is 0 Å². The molecule has 2 aromatic carbocycles. The molecule has 1 aliphatic heterocycles. The summed E-state index contributed by atoms with van der Waals surface area (Å²) in [5.41, 5.74) is 3.04. The second kappa shape index (κ2) is 11.9. The van der Waals surface area contributed by atoms with Crippen LogP contribution in [0.4, 0.5) is 10.5 Å². The topological polar surface area (TPSA) is 105 Å². The summed E-state index contributed by atoms with van der Waals surface area (Å²) in [5.74, 6) is -0.659. The molecule has 9 heteroatoms. The van der Waals surface area contributed by atoms with Crippen LogP contribution < -0.4 is 5.32 Å². The van der Waals surface area contributed by atoms with E-state index in [9.17, 15) is 14.4 Å². The molecule has 0 spiro atoms. The smallest absolute Gasteiger partial charge is 0.342 e. The van der Waals surface area contributed by atoms with Crippen LogP contribution >= 0.6 is 0 Å². The predicted molar refractivity (Wildman–Crippen MR) is 145 cm³/mol. The van der Waals surface area contributed by atoms with Gasteiger partial charge in [0, 0.05) is 36.9 Å². The normalized spacial score (nSPS) is 15.2. The molecule has 0 bridgehead atoms. The summed E-state index contributed by atoms with van der Waals surface area (Å²) >= 11 is 0. The standard InChI is InChI=1S/C29H33N5O4/c1-5-21-12-14-23(15-13-21)32-29(37)34-17-16-33(18-19(34)3)27(35)26-24(28(36)38-6-2)25(30-20(4)31-26)22-10-8-7-9-11-22/h7-15,19H,5-6,16-18H2,1-4H3,(H,32,37). The number of carbonyl (C=O) groups is 3. The lowest BCUT2D eigenvalue weighted by Gasteiger charge is -2.39. The lowest BCUT2D eigenvalue weighted by atomic mass is 10.0. The van der Waals surface area contributed by atoms with E-state index in [2.05, 4.69) is 22.2 Å². The van der Waals surface area contributed by atoms with E-state index < -0.39 is 11.9 Å². The molecule has 198 valence electrons. The van der Waals surface area contributed by atoms with Crippen LogP contribution in [0.5, 0.6) is 0 Å². The van der Waals surface area contributed by atoms with Gasteiger partial charge in [-0.05, 0) is 44.9 Å². The van der Waals surface area contributed by atoms with Crippen LogP contribution in [-0.2, 0) is 11.2 Å². The first-order valence-corrected chi connectivity index (χ1v) is 12.9. The first-order valence-electron chi connectivity index (χ1n) is 12.9. The van der Waals surface area contributed by atoms with E-state index in [1.54, 1.807) is 23.6 Å². The summed E-state index contributed by atoms with van der Waals surface area (Å²) in [6.07, 6.45) is 0.928. The van der Waals surface area contributed by atoms with E-state index in [0.717, 1.165) is 12.1 Å². The Morgan fingerprint density at radius 1 is 1.00 bits per heavy atom. The third-order valence-electron chi connectivity index (χ3n) is 6.54. The summed E-state index contributed by atoms with van der Waals surface area (Å²) < 4.78 is 5.30. The van der Waals surface area contributed by atoms with Gasteiger partial charge in [-0.15, -0.1) is 0 Å². The number of amides is 3. The summed E-state index contributed by atoms with van der Waals surface area (Å²) in [7, 11) is 0. The van der Waals surface area contributed by atoms with Crippen molar-refractivity contribution in [1.29, 1.82) is 0 Å². The fourth-order valence-electron chi connectivity index (χ4n) is 4.54. The molecule has 2 heterocycles. The molecule has 1 N–H and O–H groups in total. The molecule has 38 heavy (non-hydrogen) atoms. The third kappa shape index (κ3) is 5.82. The molecule has 0 radical (unpaired) electrons. The molecule has 0 saturated carbocycles. The van der Waals surface area contributed by atoms with Gasteiger partial charge >= 0.3 is 12.0 Å². The maximum atomic E-state index is 13.7. The number of urea groups is 1. The number of nitrogens with one attached hydrogen (secondary N) is 1. The summed E-state index contributed by atoms with van der Waals surface area (Å²) in [5, 5.41) is 2.94. The molecule has 4 rings (SSSR count). The van der Waals surface area contributed by atoms with Crippen molar-refractivity contribution in [3.8, 4) is 11.3 Å². The number of piperazine rings is 1. The zero-order valence-corrected chi connectivity index (χ0v) is 22.2. The number of rotatable bonds is 6. The molecule has 1 aliphatic rings. The van der Waals surface area contributed by atoms with Crippen molar-refractivity contribution in [2.24, 2.45) is 0 Å². The number of ether oxygens (including phenoxy) is 1. The van der Waals surface area contributed by atoms with Crippen molar-refractivity contribution in [2.75, 3.05) is 31.6 Å². The molecule has 1 fully saturated rings. The molecule has 1 unspecified atom stereocenters. The number of benzene rings is 2. The Morgan fingerprint density at radius 2 is 1.71 bits per heavy atom.